The van der Waals surface area contributed by atoms with Crippen molar-refractivity contribution < 1.29 is 37.1 Å². The fourth-order valence-electron chi connectivity index (χ4n) is 4.22. The number of amides is 3. The number of halogens is 3. The Labute approximate surface area is 208 Å². The Bertz CT molecular complexity index is 959. The van der Waals surface area contributed by atoms with Crippen molar-refractivity contribution in [2.45, 2.75) is 83.8 Å². The lowest BCUT2D eigenvalue weighted by Crippen LogP contribution is -2.54. The molecule has 1 fully saturated rings. The lowest BCUT2D eigenvalue weighted by molar-refractivity contribution is -0.137. The molecule has 0 aliphatic heterocycles. The van der Waals surface area contributed by atoms with Crippen LogP contribution in [0.15, 0.2) is 24.3 Å². The van der Waals surface area contributed by atoms with Crippen LogP contribution in [0.3, 0.4) is 0 Å². The van der Waals surface area contributed by atoms with Gasteiger partial charge >= 0.3 is 12.3 Å². The van der Waals surface area contributed by atoms with Gasteiger partial charge in [0.25, 0.3) is 5.91 Å². The molecule has 1 aliphatic rings. The lowest BCUT2D eigenvalue weighted by Gasteiger charge is -2.42. The van der Waals surface area contributed by atoms with E-state index >= 15 is 0 Å². The largest absolute Gasteiger partial charge is 0.444 e. The maximum Gasteiger partial charge on any atom is 0.416 e. The maximum atomic E-state index is 12.9. The molecule has 0 saturated heterocycles. The molecule has 200 valence electrons. The molecule has 1 aromatic rings. The zero-order chi connectivity index (χ0) is 27.3. The number of aldehydes is 1. The molecule has 1 aromatic carbocycles. The highest BCUT2D eigenvalue weighted by atomic mass is 19.4. The van der Waals surface area contributed by atoms with Gasteiger partial charge in [-0.15, -0.1) is 0 Å². The molecule has 1 aliphatic carbocycles. The van der Waals surface area contributed by atoms with E-state index in [-0.39, 0.29) is 17.6 Å². The maximum absolute atomic E-state index is 12.9. The molecule has 36 heavy (non-hydrogen) atoms. The molecule has 0 spiro atoms. The van der Waals surface area contributed by atoms with Crippen LogP contribution in [0.25, 0.3) is 0 Å². The molecule has 0 aromatic heterocycles. The van der Waals surface area contributed by atoms with Crippen molar-refractivity contribution in [1.82, 2.24) is 15.5 Å². The first-order chi connectivity index (χ1) is 16.6. The second-order valence-corrected chi connectivity index (χ2v) is 10.2. The molecule has 0 radical (unpaired) electrons. The Morgan fingerprint density at radius 2 is 1.83 bits per heavy atom. The summed E-state index contributed by atoms with van der Waals surface area (Å²) >= 11 is 0. The van der Waals surface area contributed by atoms with Gasteiger partial charge in [0.2, 0.25) is 5.91 Å². The van der Waals surface area contributed by atoms with Crippen LogP contribution in [-0.2, 0) is 20.5 Å². The van der Waals surface area contributed by atoms with E-state index in [4.69, 9.17) is 4.74 Å². The minimum Gasteiger partial charge on any atom is -0.444 e. The van der Waals surface area contributed by atoms with E-state index in [9.17, 15) is 32.3 Å². The van der Waals surface area contributed by atoms with Gasteiger partial charge in [-0.25, -0.2) is 4.79 Å². The molecule has 0 bridgehead atoms. The minimum atomic E-state index is -4.59. The predicted octanol–water partition coefficient (Wildman–Crippen LogP) is 3.93. The van der Waals surface area contributed by atoms with E-state index in [1.165, 1.54) is 6.07 Å². The summed E-state index contributed by atoms with van der Waals surface area (Å²) < 4.78 is 44.1. The summed E-state index contributed by atoms with van der Waals surface area (Å²) in [4.78, 5) is 50.8. The number of hydrogen-bond acceptors (Lipinski definition) is 5. The number of carbonyl (C=O) groups is 4. The van der Waals surface area contributed by atoms with E-state index in [1.807, 2.05) is 13.8 Å². The van der Waals surface area contributed by atoms with E-state index in [0.717, 1.165) is 18.4 Å². The Hall–Kier alpha value is -3.11. The Kier molecular flexibility index (Phi) is 9.51. The number of nitrogens with one attached hydrogen (secondary N) is 2. The van der Waals surface area contributed by atoms with Crippen molar-refractivity contribution in [2.75, 3.05) is 6.54 Å². The van der Waals surface area contributed by atoms with Crippen molar-refractivity contribution >= 4 is 24.2 Å². The van der Waals surface area contributed by atoms with E-state index in [2.05, 4.69) is 10.6 Å². The van der Waals surface area contributed by atoms with Gasteiger partial charge in [-0.1, -0.05) is 6.07 Å². The minimum absolute atomic E-state index is 0.158. The number of carbonyl (C=O) groups excluding carboxylic acids is 4. The normalized spacial score (nSPS) is 20.4. The molecular weight excluding hydrogens is 479 g/mol. The monoisotopic (exact) mass is 513 g/mol. The smallest absolute Gasteiger partial charge is 0.416 e. The number of rotatable bonds is 7. The van der Waals surface area contributed by atoms with Gasteiger partial charge in [0.1, 0.15) is 11.9 Å². The van der Waals surface area contributed by atoms with Gasteiger partial charge in [-0.3, -0.25) is 9.59 Å². The van der Waals surface area contributed by atoms with Crippen LogP contribution in [-0.4, -0.2) is 59.4 Å². The highest BCUT2D eigenvalue weighted by molar-refractivity contribution is 5.96. The van der Waals surface area contributed by atoms with Crippen LogP contribution in [0.1, 0.15) is 69.8 Å². The van der Waals surface area contributed by atoms with Crippen LogP contribution in [0.5, 0.6) is 0 Å². The average Bonchev–Trinajstić information content (AvgIpc) is 2.76. The molecule has 8 nitrogen and oxygen atoms in total. The molecule has 0 unspecified atom stereocenters. The first-order valence-electron chi connectivity index (χ1n) is 11.8. The summed E-state index contributed by atoms with van der Waals surface area (Å²) in [6, 6.07) is 2.99. The zero-order valence-corrected chi connectivity index (χ0v) is 21.1. The number of hydrogen-bond donors (Lipinski definition) is 2. The van der Waals surface area contributed by atoms with E-state index in [1.54, 1.807) is 25.7 Å². The molecule has 0 heterocycles. The molecule has 3 atom stereocenters. The van der Waals surface area contributed by atoms with Gasteiger partial charge < -0.3 is 25.1 Å². The molecule has 2 rings (SSSR count). The van der Waals surface area contributed by atoms with E-state index in [0.29, 0.717) is 25.3 Å². The van der Waals surface area contributed by atoms with Gasteiger partial charge in [0.05, 0.1) is 12.1 Å². The van der Waals surface area contributed by atoms with Gasteiger partial charge in [0.15, 0.2) is 0 Å². The van der Waals surface area contributed by atoms with Crippen molar-refractivity contribution in [1.29, 1.82) is 0 Å². The van der Waals surface area contributed by atoms with Crippen LogP contribution in [0, 0.1) is 5.92 Å². The molecular formula is C25H34F3N3O5. The second kappa shape index (κ2) is 11.7. The summed E-state index contributed by atoms with van der Waals surface area (Å²) in [5.74, 6) is -1.95. The quantitative estimate of drug-likeness (QED) is 0.538. The number of alkyl halides is 3. The van der Waals surface area contributed by atoms with Crippen LogP contribution in [0.2, 0.25) is 0 Å². The zero-order valence-electron chi connectivity index (χ0n) is 21.1. The number of benzene rings is 1. The van der Waals surface area contributed by atoms with Crippen molar-refractivity contribution in [3.05, 3.63) is 35.4 Å². The van der Waals surface area contributed by atoms with E-state index < -0.39 is 53.8 Å². The highest BCUT2D eigenvalue weighted by Gasteiger charge is 2.38. The summed E-state index contributed by atoms with van der Waals surface area (Å²) in [6.07, 6.45) is -3.03. The summed E-state index contributed by atoms with van der Waals surface area (Å²) in [5.41, 5.74) is -1.86. The Morgan fingerprint density at radius 3 is 2.39 bits per heavy atom. The van der Waals surface area contributed by atoms with Gasteiger partial charge in [-0.05, 0) is 72.1 Å². The Morgan fingerprint density at radius 1 is 1.17 bits per heavy atom. The third kappa shape index (κ3) is 8.23. The highest BCUT2D eigenvalue weighted by Crippen LogP contribution is 2.30. The first kappa shape index (κ1) is 29.1. The fraction of sp³-hybridized carbons (Fsp3) is 0.600. The first-order valence-corrected chi connectivity index (χ1v) is 11.8. The fourth-order valence-corrected chi connectivity index (χ4v) is 4.22. The summed E-state index contributed by atoms with van der Waals surface area (Å²) in [6.45, 7) is 8.58. The standard InChI is InChI=1S/C25H34F3N3O5/c1-15(2)31(23(35)36-24(3,4)5)19-9-10-20(17(12-19)14-32)30-21(33)13-29-22(34)16-7-6-8-18(11-16)25(26,27)28/h6-8,11,14-15,17,19-20H,9-10,12-13H2,1-5H3,(H,29,34)(H,30,33)/t17-,19+,20-/m0/s1. The lowest BCUT2D eigenvalue weighted by atomic mass is 9.81. The van der Waals surface area contributed by atoms with Crippen LogP contribution in [0.4, 0.5) is 18.0 Å². The topological polar surface area (TPSA) is 105 Å². The Balaban J connectivity index is 1.96. The van der Waals surface area contributed by atoms with Crippen LogP contribution >= 0.6 is 0 Å². The average molecular weight is 514 g/mol. The molecule has 2 N–H and O–H groups in total. The van der Waals surface area contributed by atoms with Gasteiger partial charge in [0, 0.05) is 29.6 Å². The van der Waals surface area contributed by atoms with Crippen molar-refractivity contribution in [2.24, 2.45) is 5.92 Å². The third-order valence-corrected chi connectivity index (χ3v) is 5.81. The number of ether oxygens (including phenoxy) is 1. The van der Waals surface area contributed by atoms with Gasteiger partial charge in [-0.2, -0.15) is 13.2 Å². The molecule has 1 saturated carbocycles. The molecule has 3 amide bonds. The van der Waals surface area contributed by atoms with Crippen molar-refractivity contribution in [3.63, 3.8) is 0 Å². The number of nitrogens with zero attached hydrogens (tertiary/aromatic N) is 1. The summed E-state index contributed by atoms with van der Waals surface area (Å²) in [7, 11) is 0. The van der Waals surface area contributed by atoms with Crippen LogP contribution < -0.4 is 10.6 Å². The molecule has 11 heteroatoms. The third-order valence-electron chi connectivity index (χ3n) is 5.81. The second-order valence-electron chi connectivity index (χ2n) is 10.2. The predicted molar refractivity (Wildman–Crippen MR) is 126 cm³/mol. The SMILES string of the molecule is CC(C)N(C(=O)OC(C)(C)C)[C@@H]1CC[C@H](NC(=O)CNC(=O)c2cccc(C(F)(F)F)c2)[C@H](C=O)C1. The van der Waals surface area contributed by atoms with Crippen molar-refractivity contribution in [3.8, 4) is 0 Å². The summed E-state index contributed by atoms with van der Waals surface area (Å²) in [5, 5.41) is 5.02.